The number of rotatable bonds is 5. The molecule has 8 heteroatoms. The molecule has 6 nitrogen and oxygen atoms in total. The molecule has 0 spiro atoms. The average Bonchev–Trinajstić information content (AvgIpc) is 3.33. The standard InChI is InChI=1S/C22H18FN3O3S/c1-2-29-22(28)14-4-3-5-16(10-14)26-11-18(27)19(20(26)24)21-25-17(12-30-21)13-6-8-15(23)9-7-13/h3-10,12,24,27H,2,11H2,1H3. The van der Waals surface area contributed by atoms with Gasteiger partial charge in [0.05, 0.1) is 30.0 Å². The Bertz CT molecular complexity index is 1150. The Hall–Kier alpha value is -3.52. The molecule has 0 fully saturated rings. The molecular formula is C22H18FN3O3S. The zero-order valence-electron chi connectivity index (χ0n) is 16.1. The van der Waals surface area contributed by atoms with E-state index in [-0.39, 0.29) is 30.6 Å². The minimum atomic E-state index is -0.439. The van der Waals surface area contributed by atoms with Crippen LogP contribution in [0.25, 0.3) is 16.8 Å². The summed E-state index contributed by atoms with van der Waals surface area (Å²) < 4.78 is 18.2. The van der Waals surface area contributed by atoms with Crippen molar-refractivity contribution in [2.75, 3.05) is 18.1 Å². The number of hydrogen-bond acceptors (Lipinski definition) is 6. The van der Waals surface area contributed by atoms with Gasteiger partial charge in [-0.25, -0.2) is 14.2 Å². The van der Waals surface area contributed by atoms with E-state index in [1.165, 1.54) is 23.5 Å². The molecule has 1 aliphatic rings. The van der Waals surface area contributed by atoms with Gasteiger partial charge in [0.25, 0.3) is 0 Å². The zero-order chi connectivity index (χ0) is 21.3. The molecule has 0 bridgehead atoms. The van der Waals surface area contributed by atoms with Gasteiger partial charge in [0.1, 0.15) is 22.4 Å². The normalized spacial score (nSPS) is 13.8. The Morgan fingerprint density at radius 2 is 2.07 bits per heavy atom. The molecule has 0 saturated heterocycles. The van der Waals surface area contributed by atoms with Crippen LogP contribution in [0.4, 0.5) is 10.1 Å². The zero-order valence-corrected chi connectivity index (χ0v) is 16.9. The number of aliphatic hydroxyl groups excluding tert-OH is 1. The van der Waals surface area contributed by atoms with Gasteiger partial charge in [0, 0.05) is 16.6 Å². The van der Waals surface area contributed by atoms with Gasteiger partial charge in [-0.2, -0.15) is 0 Å². The van der Waals surface area contributed by atoms with Crippen molar-refractivity contribution in [2.24, 2.45) is 0 Å². The van der Waals surface area contributed by atoms with E-state index in [4.69, 9.17) is 10.1 Å². The van der Waals surface area contributed by atoms with E-state index in [1.807, 2.05) is 0 Å². The van der Waals surface area contributed by atoms with Gasteiger partial charge in [-0.05, 0) is 49.4 Å². The van der Waals surface area contributed by atoms with Gasteiger partial charge >= 0.3 is 5.97 Å². The molecule has 152 valence electrons. The molecule has 0 amide bonds. The van der Waals surface area contributed by atoms with Crippen molar-refractivity contribution in [1.82, 2.24) is 4.98 Å². The van der Waals surface area contributed by atoms with E-state index in [0.29, 0.717) is 27.5 Å². The minimum absolute atomic E-state index is 0.0292. The lowest BCUT2D eigenvalue weighted by Gasteiger charge is -2.19. The molecule has 0 radical (unpaired) electrons. The number of thiazole rings is 1. The molecular weight excluding hydrogens is 405 g/mol. The predicted octanol–water partition coefficient (Wildman–Crippen LogP) is 4.89. The van der Waals surface area contributed by atoms with Gasteiger partial charge in [0.2, 0.25) is 0 Å². The summed E-state index contributed by atoms with van der Waals surface area (Å²) in [7, 11) is 0. The molecule has 2 N–H and O–H groups in total. The number of amidine groups is 1. The fourth-order valence-corrected chi connectivity index (χ4v) is 4.08. The van der Waals surface area contributed by atoms with Crippen molar-refractivity contribution in [3.8, 4) is 11.3 Å². The first-order chi connectivity index (χ1) is 14.5. The lowest BCUT2D eigenvalue weighted by molar-refractivity contribution is 0.0526. The molecule has 0 atom stereocenters. The maximum absolute atomic E-state index is 13.2. The number of carbonyl (C=O) groups is 1. The summed E-state index contributed by atoms with van der Waals surface area (Å²) in [6, 6.07) is 12.7. The molecule has 2 aromatic carbocycles. The smallest absolute Gasteiger partial charge is 0.338 e. The summed E-state index contributed by atoms with van der Waals surface area (Å²) in [5, 5.41) is 21.4. The van der Waals surface area contributed by atoms with Crippen molar-refractivity contribution in [3.63, 3.8) is 0 Å². The van der Waals surface area contributed by atoms with Crippen LogP contribution in [0.5, 0.6) is 0 Å². The van der Waals surface area contributed by atoms with Crippen molar-refractivity contribution < 1.29 is 19.0 Å². The number of aliphatic hydroxyl groups is 1. The number of nitrogens with one attached hydrogen (secondary N) is 1. The highest BCUT2D eigenvalue weighted by Gasteiger charge is 2.31. The monoisotopic (exact) mass is 423 g/mol. The molecule has 0 unspecified atom stereocenters. The van der Waals surface area contributed by atoms with Crippen LogP contribution in [0.15, 0.2) is 59.7 Å². The topological polar surface area (TPSA) is 86.5 Å². The van der Waals surface area contributed by atoms with Gasteiger partial charge in [-0.1, -0.05) is 6.07 Å². The largest absolute Gasteiger partial charge is 0.510 e. The van der Waals surface area contributed by atoms with Crippen LogP contribution in [-0.2, 0) is 4.74 Å². The highest BCUT2D eigenvalue weighted by atomic mass is 32.1. The molecule has 1 aromatic heterocycles. The number of aromatic nitrogens is 1. The Labute approximate surface area is 176 Å². The van der Waals surface area contributed by atoms with Crippen LogP contribution in [0.1, 0.15) is 22.3 Å². The van der Waals surface area contributed by atoms with Crippen LogP contribution in [0.2, 0.25) is 0 Å². The Morgan fingerprint density at radius 3 is 2.80 bits per heavy atom. The van der Waals surface area contributed by atoms with Gasteiger partial charge in [-0.3, -0.25) is 5.41 Å². The quantitative estimate of drug-likeness (QED) is 0.571. The van der Waals surface area contributed by atoms with Crippen LogP contribution in [0.3, 0.4) is 0 Å². The molecule has 0 aliphatic carbocycles. The first kappa shape index (κ1) is 19.8. The van der Waals surface area contributed by atoms with Crippen molar-refractivity contribution in [1.29, 1.82) is 5.41 Å². The third-order valence-corrected chi connectivity index (χ3v) is 5.49. The van der Waals surface area contributed by atoms with Crippen LogP contribution < -0.4 is 4.90 Å². The Morgan fingerprint density at radius 1 is 1.30 bits per heavy atom. The number of anilines is 1. The van der Waals surface area contributed by atoms with E-state index in [1.54, 1.807) is 53.6 Å². The minimum Gasteiger partial charge on any atom is -0.510 e. The summed E-state index contributed by atoms with van der Waals surface area (Å²) in [6.07, 6.45) is 0. The number of nitrogens with zero attached hydrogens (tertiary/aromatic N) is 2. The lowest BCUT2D eigenvalue weighted by atomic mass is 10.1. The summed E-state index contributed by atoms with van der Waals surface area (Å²) in [6.45, 7) is 2.11. The number of ether oxygens (including phenoxy) is 1. The molecule has 30 heavy (non-hydrogen) atoms. The first-order valence-electron chi connectivity index (χ1n) is 9.25. The highest BCUT2D eigenvalue weighted by molar-refractivity contribution is 7.11. The van der Waals surface area contributed by atoms with E-state index in [0.717, 1.165) is 5.56 Å². The van der Waals surface area contributed by atoms with Crippen molar-refractivity contribution in [3.05, 3.63) is 76.1 Å². The average molecular weight is 423 g/mol. The first-order valence-corrected chi connectivity index (χ1v) is 10.1. The van der Waals surface area contributed by atoms with Crippen LogP contribution in [-0.4, -0.2) is 35.0 Å². The van der Waals surface area contributed by atoms with Gasteiger partial charge in [0.15, 0.2) is 0 Å². The third kappa shape index (κ3) is 3.69. The molecule has 1 aliphatic heterocycles. The number of benzene rings is 2. The van der Waals surface area contributed by atoms with Gasteiger partial charge < -0.3 is 14.7 Å². The van der Waals surface area contributed by atoms with Crippen LogP contribution >= 0.6 is 11.3 Å². The van der Waals surface area contributed by atoms with E-state index in [9.17, 15) is 14.3 Å². The Balaban J connectivity index is 1.60. The number of esters is 1. The fraction of sp³-hybridized carbons (Fsp3) is 0.136. The fourth-order valence-electron chi connectivity index (χ4n) is 3.18. The molecule has 4 rings (SSSR count). The number of hydrogen-bond donors (Lipinski definition) is 2. The second-order valence-electron chi connectivity index (χ2n) is 6.57. The summed E-state index contributed by atoms with van der Waals surface area (Å²) in [5.41, 5.74) is 2.72. The SMILES string of the molecule is CCOC(=O)c1cccc(N2CC(O)=C(c3nc(-c4ccc(F)cc4)cs3)C2=N)c1. The summed E-state index contributed by atoms with van der Waals surface area (Å²) in [5.74, 6) is -0.644. The highest BCUT2D eigenvalue weighted by Crippen LogP contribution is 2.34. The summed E-state index contributed by atoms with van der Waals surface area (Å²) >= 11 is 1.30. The second kappa shape index (κ2) is 8.08. The maximum atomic E-state index is 13.2. The van der Waals surface area contributed by atoms with E-state index < -0.39 is 5.97 Å². The third-order valence-electron chi connectivity index (χ3n) is 4.63. The van der Waals surface area contributed by atoms with E-state index in [2.05, 4.69) is 4.98 Å². The van der Waals surface area contributed by atoms with Crippen molar-refractivity contribution >= 4 is 34.4 Å². The molecule has 3 aromatic rings. The number of carbonyl (C=O) groups excluding carboxylic acids is 1. The van der Waals surface area contributed by atoms with Crippen molar-refractivity contribution in [2.45, 2.75) is 6.92 Å². The molecule has 0 saturated carbocycles. The van der Waals surface area contributed by atoms with Crippen LogP contribution in [0, 0.1) is 11.2 Å². The maximum Gasteiger partial charge on any atom is 0.338 e. The van der Waals surface area contributed by atoms with E-state index >= 15 is 0 Å². The van der Waals surface area contributed by atoms with Gasteiger partial charge in [-0.15, -0.1) is 11.3 Å². The predicted molar refractivity (Wildman–Crippen MR) is 115 cm³/mol. The number of halogens is 1. The summed E-state index contributed by atoms with van der Waals surface area (Å²) in [4.78, 5) is 18.1. The second-order valence-corrected chi connectivity index (χ2v) is 7.43. The molecule has 2 heterocycles. The lowest BCUT2D eigenvalue weighted by Crippen LogP contribution is -2.26. The Kier molecular flexibility index (Phi) is 5.33.